The molecule has 0 aromatic carbocycles. The van der Waals surface area contributed by atoms with Gasteiger partial charge in [0.2, 0.25) is 5.91 Å². The summed E-state index contributed by atoms with van der Waals surface area (Å²) in [5, 5.41) is 3.08. The van der Waals surface area contributed by atoms with Crippen molar-refractivity contribution < 1.29 is 14.3 Å². The lowest BCUT2D eigenvalue weighted by molar-refractivity contribution is -0.125. The molecule has 1 aromatic rings. The Labute approximate surface area is 152 Å². The number of nitrogens with zero attached hydrogens (tertiary/aromatic N) is 3. The average molecular weight is 367 g/mol. The van der Waals surface area contributed by atoms with Crippen LogP contribution in [0.2, 0.25) is 5.15 Å². The van der Waals surface area contributed by atoms with Crippen molar-refractivity contribution >= 4 is 23.6 Å². The number of hydrogen-bond donors (Lipinski definition) is 1. The van der Waals surface area contributed by atoms with Gasteiger partial charge in [0.1, 0.15) is 11.6 Å². The van der Waals surface area contributed by atoms with Gasteiger partial charge in [0, 0.05) is 18.9 Å². The van der Waals surface area contributed by atoms with Gasteiger partial charge in [-0.1, -0.05) is 11.6 Å². The van der Waals surface area contributed by atoms with Crippen LogP contribution in [0.15, 0.2) is 12.4 Å². The number of hydrogen-bond acceptors (Lipinski definition) is 5. The van der Waals surface area contributed by atoms with Crippen LogP contribution in [0.4, 0.5) is 4.79 Å². The molecule has 1 aromatic heterocycles. The maximum Gasteiger partial charge on any atom is 0.410 e. The Balaban J connectivity index is 1.66. The van der Waals surface area contributed by atoms with Gasteiger partial charge in [0.15, 0.2) is 5.15 Å². The second-order valence-corrected chi connectivity index (χ2v) is 8.20. The number of amides is 2. The lowest BCUT2D eigenvalue weighted by Crippen LogP contribution is -2.47. The lowest BCUT2D eigenvalue weighted by Gasteiger charge is -2.28. The number of carbonyl (C=O) groups excluding carboxylic acids is 2. The molecule has 0 unspecified atom stereocenters. The zero-order valence-corrected chi connectivity index (χ0v) is 15.5. The van der Waals surface area contributed by atoms with Gasteiger partial charge in [-0.05, 0) is 45.4 Å². The van der Waals surface area contributed by atoms with Gasteiger partial charge in [0.05, 0.1) is 12.2 Å². The monoisotopic (exact) mass is 366 g/mol. The predicted octanol–water partition coefficient (Wildman–Crippen LogP) is 2.54. The van der Waals surface area contributed by atoms with E-state index in [4.69, 9.17) is 16.3 Å². The number of halogens is 1. The van der Waals surface area contributed by atoms with E-state index in [9.17, 15) is 9.59 Å². The number of nitrogens with one attached hydrogen (secondary N) is 1. The van der Waals surface area contributed by atoms with Crippen molar-refractivity contribution in [2.24, 2.45) is 5.41 Å². The third-order valence-electron chi connectivity index (χ3n) is 4.55. The van der Waals surface area contributed by atoms with Crippen molar-refractivity contribution in [1.29, 1.82) is 0 Å². The molecule has 1 saturated carbocycles. The van der Waals surface area contributed by atoms with Crippen LogP contribution in [0, 0.1) is 5.41 Å². The van der Waals surface area contributed by atoms with E-state index in [1.54, 1.807) is 4.90 Å². The smallest absolute Gasteiger partial charge is 0.410 e. The normalized spacial score (nSPS) is 21.3. The van der Waals surface area contributed by atoms with Crippen molar-refractivity contribution in [2.75, 3.05) is 6.54 Å². The van der Waals surface area contributed by atoms with Crippen LogP contribution in [0.5, 0.6) is 0 Å². The van der Waals surface area contributed by atoms with Crippen molar-refractivity contribution in [1.82, 2.24) is 20.2 Å². The zero-order chi connectivity index (χ0) is 18.2. The summed E-state index contributed by atoms with van der Waals surface area (Å²) in [5.74, 6) is -0.212. The molecule has 1 aliphatic heterocycles. The van der Waals surface area contributed by atoms with Crippen molar-refractivity contribution in [3.8, 4) is 0 Å². The number of aromatic nitrogens is 2. The Bertz CT molecular complexity index is 685. The third kappa shape index (κ3) is 4.21. The SMILES string of the molecule is CC(C)(C)OC(=O)N1CC2(CC2)C[C@H]1C(=O)NCc1nccnc1Cl. The zero-order valence-electron chi connectivity index (χ0n) is 14.7. The maximum atomic E-state index is 12.7. The number of ether oxygens (including phenoxy) is 1. The molecule has 136 valence electrons. The summed E-state index contributed by atoms with van der Waals surface area (Å²) in [4.78, 5) is 34.8. The molecular formula is C17H23ClN4O3. The predicted molar refractivity (Wildman–Crippen MR) is 91.9 cm³/mol. The van der Waals surface area contributed by atoms with Gasteiger partial charge in [-0.2, -0.15) is 0 Å². The van der Waals surface area contributed by atoms with Crippen molar-refractivity contribution in [3.05, 3.63) is 23.2 Å². The first kappa shape index (κ1) is 17.9. The molecule has 0 radical (unpaired) electrons. The van der Waals surface area contributed by atoms with E-state index in [1.165, 1.54) is 12.4 Å². The van der Waals surface area contributed by atoms with E-state index in [1.807, 2.05) is 20.8 Å². The number of carbonyl (C=O) groups is 2. The molecule has 2 amide bonds. The summed E-state index contributed by atoms with van der Waals surface area (Å²) < 4.78 is 5.47. The average Bonchev–Trinajstić information content (AvgIpc) is 3.15. The molecular weight excluding hydrogens is 344 g/mol. The molecule has 2 fully saturated rings. The minimum absolute atomic E-state index is 0.0864. The fourth-order valence-electron chi connectivity index (χ4n) is 3.10. The Kier molecular flexibility index (Phi) is 4.62. The highest BCUT2D eigenvalue weighted by Gasteiger charge is 2.55. The largest absolute Gasteiger partial charge is 0.444 e. The second-order valence-electron chi connectivity index (χ2n) is 7.84. The minimum atomic E-state index is -0.593. The van der Waals surface area contributed by atoms with Crippen LogP contribution >= 0.6 is 11.6 Å². The van der Waals surface area contributed by atoms with Gasteiger partial charge in [-0.3, -0.25) is 14.7 Å². The quantitative estimate of drug-likeness (QED) is 0.888. The second kappa shape index (κ2) is 6.44. The van der Waals surface area contributed by atoms with E-state index in [0.717, 1.165) is 12.8 Å². The Morgan fingerprint density at radius 2 is 2.04 bits per heavy atom. The number of rotatable bonds is 3. The van der Waals surface area contributed by atoms with E-state index in [2.05, 4.69) is 15.3 Å². The highest BCUT2D eigenvalue weighted by Crippen LogP contribution is 2.55. The summed E-state index contributed by atoms with van der Waals surface area (Å²) in [5.41, 5.74) is -0.00584. The minimum Gasteiger partial charge on any atom is -0.444 e. The molecule has 1 saturated heterocycles. The Morgan fingerprint density at radius 1 is 1.36 bits per heavy atom. The lowest BCUT2D eigenvalue weighted by atomic mass is 10.0. The van der Waals surface area contributed by atoms with Gasteiger partial charge >= 0.3 is 6.09 Å². The van der Waals surface area contributed by atoms with Crippen molar-refractivity contribution in [3.63, 3.8) is 0 Å². The molecule has 1 spiro atoms. The van der Waals surface area contributed by atoms with E-state index < -0.39 is 17.7 Å². The molecule has 3 rings (SSSR count). The molecule has 1 atom stereocenters. The fraction of sp³-hybridized carbons (Fsp3) is 0.647. The summed E-state index contributed by atoms with van der Waals surface area (Å²) in [6.07, 6.45) is 5.35. The van der Waals surface area contributed by atoms with E-state index in [-0.39, 0.29) is 23.0 Å². The summed E-state index contributed by atoms with van der Waals surface area (Å²) in [6, 6.07) is -0.521. The first-order chi connectivity index (χ1) is 11.7. The van der Waals surface area contributed by atoms with Crippen LogP contribution in [-0.4, -0.2) is 45.1 Å². The molecule has 8 heteroatoms. The topological polar surface area (TPSA) is 84.4 Å². The van der Waals surface area contributed by atoms with E-state index in [0.29, 0.717) is 18.7 Å². The van der Waals surface area contributed by atoms with Gasteiger partial charge in [0.25, 0.3) is 0 Å². The molecule has 1 aliphatic carbocycles. The van der Waals surface area contributed by atoms with Crippen molar-refractivity contribution in [2.45, 2.75) is 58.2 Å². The molecule has 25 heavy (non-hydrogen) atoms. The van der Waals surface area contributed by atoms with Crippen LogP contribution in [-0.2, 0) is 16.1 Å². The highest BCUT2D eigenvalue weighted by molar-refractivity contribution is 6.29. The Morgan fingerprint density at radius 3 is 2.64 bits per heavy atom. The molecule has 0 bridgehead atoms. The molecule has 2 heterocycles. The third-order valence-corrected chi connectivity index (χ3v) is 4.86. The highest BCUT2D eigenvalue weighted by atomic mass is 35.5. The van der Waals surface area contributed by atoms with Gasteiger partial charge in [-0.25, -0.2) is 9.78 Å². The van der Waals surface area contributed by atoms with E-state index >= 15 is 0 Å². The molecule has 1 N–H and O–H groups in total. The van der Waals surface area contributed by atoms with Gasteiger partial charge < -0.3 is 10.1 Å². The fourth-order valence-corrected chi connectivity index (χ4v) is 3.27. The summed E-state index contributed by atoms with van der Waals surface area (Å²) in [7, 11) is 0. The maximum absolute atomic E-state index is 12.7. The first-order valence-electron chi connectivity index (χ1n) is 8.42. The first-order valence-corrected chi connectivity index (χ1v) is 8.80. The number of likely N-dealkylation sites (tertiary alicyclic amines) is 1. The van der Waals surface area contributed by atoms with Crippen LogP contribution in [0.1, 0.15) is 45.7 Å². The summed E-state index contributed by atoms with van der Waals surface area (Å²) in [6.45, 7) is 6.21. The van der Waals surface area contributed by atoms with Crippen LogP contribution < -0.4 is 5.32 Å². The molecule has 2 aliphatic rings. The van der Waals surface area contributed by atoms with Gasteiger partial charge in [-0.15, -0.1) is 0 Å². The summed E-state index contributed by atoms with van der Waals surface area (Å²) >= 11 is 5.96. The molecule has 7 nitrogen and oxygen atoms in total. The Hall–Kier alpha value is -1.89. The standard InChI is InChI=1S/C17H23ClN4O3/c1-16(2,3)25-15(24)22-10-17(4-5-17)8-12(22)14(23)21-9-11-13(18)20-7-6-19-11/h6-7,12H,4-5,8-10H2,1-3H3,(H,21,23)/t12-/m0/s1. The van der Waals surface area contributed by atoms with Crippen LogP contribution in [0.3, 0.4) is 0 Å². The van der Waals surface area contributed by atoms with Crippen LogP contribution in [0.25, 0.3) is 0 Å².